The van der Waals surface area contributed by atoms with Crippen LogP contribution in [0.2, 0.25) is 0 Å². The Morgan fingerprint density at radius 1 is 0.852 bits per heavy atom. The normalized spacial score (nSPS) is 14.9. The Morgan fingerprint density at radius 2 is 1.33 bits per heavy atom. The minimum atomic E-state index is -3.66. The Kier molecular flexibility index (Phi) is 5.59. The van der Waals surface area contributed by atoms with Gasteiger partial charge in [0.05, 0.1) is 22.2 Å². The molecule has 4 heteroatoms. The molecule has 2 atom stereocenters. The van der Waals surface area contributed by atoms with Crippen molar-refractivity contribution < 1.29 is 13.5 Å². The summed E-state index contributed by atoms with van der Waals surface area (Å²) in [6, 6.07) is 26.6. The number of benzene rings is 3. The third-order valence-electron chi connectivity index (χ3n) is 4.81. The average Bonchev–Trinajstić information content (AvgIpc) is 2.73. The Balaban J connectivity index is 2.14. The zero-order valence-corrected chi connectivity index (χ0v) is 15.7. The van der Waals surface area contributed by atoms with Gasteiger partial charge in [0.2, 0.25) is 0 Å². The van der Waals surface area contributed by atoms with Crippen LogP contribution in [0.1, 0.15) is 17.2 Å². The van der Waals surface area contributed by atoms with Gasteiger partial charge in [-0.05, 0) is 23.3 Å². The number of aliphatic hydroxyl groups is 1. The second-order valence-electron chi connectivity index (χ2n) is 6.50. The van der Waals surface area contributed by atoms with Gasteiger partial charge in [-0.2, -0.15) is 0 Å². The average molecular weight is 378 g/mol. The second kappa shape index (κ2) is 7.91. The summed E-state index contributed by atoms with van der Waals surface area (Å²) in [7, 11) is -3.66. The molecule has 0 amide bonds. The van der Waals surface area contributed by atoms with Gasteiger partial charge in [-0.1, -0.05) is 84.9 Å². The smallest absolute Gasteiger partial charge is 0.179 e. The van der Waals surface area contributed by atoms with E-state index in [0.29, 0.717) is 11.1 Å². The van der Waals surface area contributed by atoms with Gasteiger partial charge in [-0.25, -0.2) is 8.42 Å². The van der Waals surface area contributed by atoms with Crippen molar-refractivity contribution in [2.75, 3.05) is 5.75 Å². The molecule has 1 N–H and O–H groups in total. The van der Waals surface area contributed by atoms with Crippen molar-refractivity contribution in [2.24, 2.45) is 0 Å². The molecule has 0 aliphatic heterocycles. The lowest BCUT2D eigenvalue weighted by Crippen LogP contribution is -2.39. The molecule has 3 rings (SSSR count). The van der Waals surface area contributed by atoms with Crippen LogP contribution < -0.4 is 0 Å². The van der Waals surface area contributed by atoms with Crippen molar-refractivity contribution in [3.8, 4) is 0 Å². The molecule has 3 nitrogen and oxygen atoms in total. The zero-order valence-electron chi connectivity index (χ0n) is 14.9. The standard InChI is InChI=1S/C23H22O3S/c1-2-23(20-14-8-4-9-15-20,22(24)19-12-6-3-7-13-19)18-27(25,26)21-16-10-5-11-17-21/h2-17,22,24H,1,18H2. The molecular weight excluding hydrogens is 356 g/mol. The van der Waals surface area contributed by atoms with Crippen LogP contribution in [0.3, 0.4) is 0 Å². The van der Waals surface area contributed by atoms with E-state index in [2.05, 4.69) is 6.58 Å². The third-order valence-corrected chi connectivity index (χ3v) is 6.66. The summed E-state index contributed by atoms with van der Waals surface area (Å²) in [6.45, 7) is 3.91. The van der Waals surface area contributed by atoms with E-state index in [1.54, 1.807) is 48.5 Å². The summed E-state index contributed by atoms with van der Waals surface area (Å²) in [5.74, 6) is -0.284. The summed E-state index contributed by atoms with van der Waals surface area (Å²) in [5, 5.41) is 11.3. The molecule has 0 aromatic heterocycles. The lowest BCUT2D eigenvalue weighted by Gasteiger charge is -2.36. The number of hydrogen-bond acceptors (Lipinski definition) is 3. The molecule has 0 fully saturated rings. The first-order valence-corrected chi connectivity index (χ1v) is 10.3. The molecule has 3 aromatic rings. The van der Waals surface area contributed by atoms with Crippen molar-refractivity contribution in [3.63, 3.8) is 0 Å². The Hall–Kier alpha value is -2.69. The second-order valence-corrected chi connectivity index (χ2v) is 8.49. The molecule has 138 valence electrons. The SMILES string of the molecule is C=CC(CS(=O)(=O)c1ccccc1)(c1ccccc1)C(O)c1ccccc1. The molecule has 2 unspecified atom stereocenters. The maximum Gasteiger partial charge on any atom is 0.179 e. The molecule has 0 aliphatic rings. The number of hydrogen-bond donors (Lipinski definition) is 1. The van der Waals surface area contributed by atoms with E-state index in [1.807, 2.05) is 48.5 Å². The van der Waals surface area contributed by atoms with Crippen LogP contribution >= 0.6 is 0 Å². The zero-order chi connectivity index (χ0) is 19.3. The fraction of sp³-hybridized carbons (Fsp3) is 0.130. The molecule has 0 aliphatic carbocycles. The van der Waals surface area contributed by atoms with Crippen LogP contribution in [0, 0.1) is 0 Å². The topological polar surface area (TPSA) is 54.4 Å². The molecule has 0 saturated heterocycles. The van der Waals surface area contributed by atoms with Crippen LogP contribution in [0.5, 0.6) is 0 Å². The van der Waals surface area contributed by atoms with Gasteiger partial charge in [0.25, 0.3) is 0 Å². The highest BCUT2D eigenvalue weighted by Gasteiger charge is 2.42. The van der Waals surface area contributed by atoms with E-state index >= 15 is 0 Å². The quantitative estimate of drug-likeness (QED) is 0.623. The summed E-state index contributed by atoms with van der Waals surface area (Å²) < 4.78 is 26.3. The fourth-order valence-corrected chi connectivity index (χ4v) is 5.13. The third kappa shape index (κ3) is 3.87. The molecular formula is C23H22O3S. The van der Waals surface area contributed by atoms with E-state index in [9.17, 15) is 13.5 Å². The largest absolute Gasteiger partial charge is 0.387 e. The molecule has 0 saturated carbocycles. The van der Waals surface area contributed by atoms with Gasteiger partial charge in [0.1, 0.15) is 0 Å². The van der Waals surface area contributed by atoms with Crippen molar-refractivity contribution in [1.82, 2.24) is 0 Å². The summed E-state index contributed by atoms with van der Waals surface area (Å²) in [5.41, 5.74) is 0.164. The molecule has 0 heterocycles. The van der Waals surface area contributed by atoms with E-state index in [4.69, 9.17) is 0 Å². The molecule has 3 aromatic carbocycles. The predicted octanol–water partition coefficient (Wildman–Crippen LogP) is 4.32. The van der Waals surface area contributed by atoms with Crippen molar-refractivity contribution >= 4 is 9.84 Å². The number of aliphatic hydroxyl groups excluding tert-OH is 1. The highest BCUT2D eigenvalue weighted by Crippen LogP contribution is 2.41. The van der Waals surface area contributed by atoms with Gasteiger partial charge in [0.15, 0.2) is 9.84 Å². The first-order valence-electron chi connectivity index (χ1n) is 8.69. The van der Waals surface area contributed by atoms with Crippen LogP contribution in [-0.2, 0) is 15.3 Å². The predicted molar refractivity (Wildman–Crippen MR) is 108 cm³/mol. The first-order chi connectivity index (χ1) is 13.0. The summed E-state index contributed by atoms with van der Waals surface area (Å²) >= 11 is 0. The maximum absolute atomic E-state index is 13.2. The Bertz CT molecular complexity index is 984. The lowest BCUT2D eigenvalue weighted by atomic mass is 9.75. The van der Waals surface area contributed by atoms with Crippen molar-refractivity contribution in [3.05, 3.63) is 115 Å². The van der Waals surface area contributed by atoms with Gasteiger partial charge in [0, 0.05) is 0 Å². The van der Waals surface area contributed by atoms with Crippen molar-refractivity contribution in [2.45, 2.75) is 16.4 Å². The van der Waals surface area contributed by atoms with Gasteiger partial charge < -0.3 is 5.11 Å². The Labute approximate surface area is 160 Å². The van der Waals surface area contributed by atoms with Crippen LogP contribution in [-0.4, -0.2) is 19.3 Å². The van der Waals surface area contributed by atoms with Crippen LogP contribution in [0.4, 0.5) is 0 Å². The summed E-state index contributed by atoms with van der Waals surface area (Å²) in [4.78, 5) is 0.229. The molecule has 27 heavy (non-hydrogen) atoms. The van der Waals surface area contributed by atoms with Gasteiger partial charge in [-0.3, -0.25) is 0 Å². The molecule has 0 bridgehead atoms. The minimum Gasteiger partial charge on any atom is -0.387 e. The molecule has 0 radical (unpaired) electrons. The van der Waals surface area contributed by atoms with Gasteiger partial charge >= 0.3 is 0 Å². The van der Waals surface area contributed by atoms with Crippen molar-refractivity contribution in [1.29, 1.82) is 0 Å². The first kappa shape index (κ1) is 19.1. The van der Waals surface area contributed by atoms with E-state index in [-0.39, 0.29) is 10.6 Å². The van der Waals surface area contributed by atoms with E-state index < -0.39 is 21.4 Å². The van der Waals surface area contributed by atoms with Crippen LogP contribution in [0.25, 0.3) is 0 Å². The number of sulfone groups is 1. The molecule has 0 spiro atoms. The monoisotopic (exact) mass is 378 g/mol. The number of rotatable bonds is 7. The van der Waals surface area contributed by atoms with E-state index in [0.717, 1.165) is 0 Å². The summed E-state index contributed by atoms with van der Waals surface area (Å²) in [6.07, 6.45) is 0.498. The fourth-order valence-electron chi connectivity index (χ4n) is 3.32. The minimum absolute atomic E-state index is 0.229. The lowest BCUT2D eigenvalue weighted by molar-refractivity contribution is 0.117. The van der Waals surface area contributed by atoms with E-state index in [1.165, 1.54) is 0 Å². The highest BCUT2D eigenvalue weighted by atomic mass is 32.2. The van der Waals surface area contributed by atoms with Crippen LogP contribution in [0.15, 0.2) is 109 Å². The highest BCUT2D eigenvalue weighted by molar-refractivity contribution is 7.91. The Morgan fingerprint density at radius 3 is 1.85 bits per heavy atom. The van der Waals surface area contributed by atoms with Gasteiger partial charge in [-0.15, -0.1) is 6.58 Å². The maximum atomic E-state index is 13.2.